The zero-order chi connectivity index (χ0) is 15.7. The molecule has 2 saturated heterocycles. The Labute approximate surface area is 127 Å². The normalized spacial score (nSPS) is 21.5. The lowest BCUT2D eigenvalue weighted by molar-refractivity contribution is -0.141. The molecule has 1 atom stereocenters. The minimum absolute atomic E-state index is 0.0354. The van der Waals surface area contributed by atoms with Gasteiger partial charge in [0.2, 0.25) is 11.8 Å². The summed E-state index contributed by atoms with van der Waals surface area (Å²) >= 11 is 0. The second-order valence-corrected chi connectivity index (χ2v) is 5.31. The average Bonchev–Trinajstić information content (AvgIpc) is 2.53. The van der Waals surface area contributed by atoms with Gasteiger partial charge in [0, 0.05) is 13.1 Å². The molecule has 22 heavy (non-hydrogen) atoms. The molecule has 4 amide bonds. The summed E-state index contributed by atoms with van der Waals surface area (Å²) in [6.07, 6.45) is 0.0354. The molecule has 3 rings (SSSR count). The number of amides is 4. The molecule has 1 aromatic carbocycles. The van der Waals surface area contributed by atoms with Gasteiger partial charge in [0.1, 0.15) is 11.8 Å². The minimum Gasteiger partial charge on any atom is -0.497 e. The van der Waals surface area contributed by atoms with Gasteiger partial charge >= 0.3 is 6.03 Å². The van der Waals surface area contributed by atoms with E-state index in [0.717, 1.165) is 5.56 Å². The second-order valence-electron chi connectivity index (χ2n) is 5.31. The monoisotopic (exact) mass is 303 g/mol. The van der Waals surface area contributed by atoms with E-state index in [1.165, 1.54) is 9.80 Å². The Morgan fingerprint density at radius 2 is 1.95 bits per heavy atom. The molecule has 2 aliphatic heterocycles. The number of carbonyl (C=O) groups excluding carboxylic acids is 3. The second kappa shape index (κ2) is 5.67. The van der Waals surface area contributed by atoms with Crippen LogP contribution in [0.3, 0.4) is 0 Å². The molecule has 2 aliphatic rings. The first-order valence-corrected chi connectivity index (χ1v) is 7.12. The van der Waals surface area contributed by atoms with Crippen molar-refractivity contribution in [2.45, 2.75) is 19.0 Å². The highest BCUT2D eigenvalue weighted by atomic mass is 16.5. The van der Waals surface area contributed by atoms with Crippen LogP contribution in [0.1, 0.15) is 12.0 Å². The Morgan fingerprint density at radius 3 is 2.64 bits per heavy atom. The number of hydrogen-bond acceptors (Lipinski definition) is 4. The van der Waals surface area contributed by atoms with E-state index in [2.05, 4.69) is 5.32 Å². The zero-order valence-corrected chi connectivity index (χ0v) is 12.2. The van der Waals surface area contributed by atoms with Crippen molar-refractivity contribution < 1.29 is 19.1 Å². The summed E-state index contributed by atoms with van der Waals surface area (Å²) in [5.74, 6) is 0.143. The van der Waals surface area contributed by atoms with E-state index >= 15 is 0 Å². The van der Waals surface area contributed by atoms with Gasteiger partial charge < -0.3 is 15.0 Å². The lowest BCUT2D eigenvalue weighted by Crippen LogP contribution is -2.65. The van der Waals surface area contributed by atoms with Gasteiger partial charge in [0.25, 0.3) is 0 Å². The average molecular weight is 303 g/mol. The standard InChI is InChI=1S/C15H17N3O4/c1-22-11-4-2-10(3-5-11)9-18-13(19)8-12-14(20)16-6-7-17(12)15(18)21/h2-5,12H,6-9H2,1H3,(H,16,20). The third kappa shape index (κ3) is 2.49. The van der Waals surface area contributed by atoms with E-state index in [0.29, 0.717) is 18.8 Å². The van der Waals surface area contributed by atoms with Gasteiger partial charge in [-0.15, -0.1) is 0 Å². The summed E-state index contributed by atoms with van der Waals surface area (Å²) < 4.78 is 5.08. The highest BCUT2D eigenvalue weighted by molar-refractivity contribution is 6.03. The third-order valence-corrected chi connectivity index (χ3v) is 3.98. The Morgan fingerprint density at radius 1 is 1.23 bits per heavy atom. The molecule has 7 heteroatoms. The number of fused-ring (bicyclic) bond motifs is 1. The number of nitrogens with one attached hydrogen (secondary N) is 1. The first kappa shape index (κ1) is 14.4. The predicted molar refractivity (Wildman–Crippen MR) is 77.1 cm³/mol. The van der Waals surface area contributed by atoms with Gasteiger partial charge in [-0.25, -0.2) is 4.79 Å². The summed E-state index contributed by atoms with van der Waals surface area (Å²) in [6.45, 7) is 1.06. The quantitative estimate of drug-likeness (QED) is 0.874. The van der Waals surface area contributed by atoms with Crippen LogP contribution < -0.4 is 10.1 Å². The molecule has 2 heterocycles. The van der Waals surface area contributed by atoms with Gasteiger partial charge in [-0.05, 0) is 17.7 Å². The third-order valence-electron chi connectivity index (χ3n) is 3.98. The fourth-order valence-corrected chi connectivity index (χ4v) is 2.75. The fraction of sp³-hybridized carbons (Fsp3) is 0.400. The molecule has 0 aliphatic carbocycles. The van der Waals surface area contributed by atoms with E-state index in [9.17, 15) is 14.4 Å². The van der Waals surface area contributed by atoms with Gasteiger partial charge in [0.15, 0.2) is 0 Å². The minimum atomic E-state index is -0.666. The molecule has 0 bridgehead atoms. The Balaban J connectivity index is 1.77. The molecule has 7 nitrogen and oxygen atoms in total. The van der Waals surface area contributed by atoms with Crippen LogP contribution in [0.4, 0.5) is 4.79 Å². The molecule has 0 radical (unpaired) electrons. The van der Waals surface area contributed by atoms with Crippen LogP contribution >= 0.6 is 0 Å². The maximum atomic E-state index is 12.5. The van der Waals surface area contributed by atoms with Crippen molar-refractivity contribution in [1.29, 1.82) is 0 Å². The zero-order valence-electron chi connectivity index (χ0n) is 12.2. The van der Waals surface area contributed by atoms with E-state index in [4.69, 9.17) is 4.74 Å². The first-order valence-electron chi connectivity index (χ1n) is 7.12. The van der Waals surface area contributed by atoms with Crippen molar-refractivity contribution in [2.24, 2.45) is 0 Å². The van der Waals surface area contributed by atoms with Gasteiger partial charge in [0.05, 0.1) is 20.1 Å². The number of rotatable bonds is 3. The number of ether oxygens (including phenoxy) is 1. The maximum Gasteiger partial charge on any atom is 0.327 e. The molecule has 1 unspecified atom stereocenters. The lowest BCUT2D eigenvalue weighted by atomic mass is 10.0. The van der Waals surface area contributed by atoms with Crippen molar-refractivity contribution >= 4 is 17.8 Å². The van der Waals surface area contributed by atoms with Crippen LogP contribution in [0.15, 0.2) is 24.3 Å². The van der Waals surface area contributed by atoms with Crippen LogP contribution in [-0.4, -0.2) is 53.9 Å². The molecule has 1 aromatic rings. The maximum absolute atomic E-state index is 12.5. The summed E-state index contributed by atoms with van der Waals surface area (Å²) in [6, 6.07) is 6.13. The summed E-state index contributed by atoms with van der Waals surface area (Å²) in [5.41, 5.74) is 0.836. The number of benzene rings is 1. The smallest absolute Gasteiger partial charge is 0.327 e. The number of nitrogens with zero attached hydrogens (tertiary/aromatic N) is 2. The van der Waals surface area contributed by atoms with Crippen molar-refractivity contribution in [3.63, 3.8) is 0 Å². The number of carbonyl (C=O) groups is 3. The first-order chi connectivity index (χ1) is 10.6. The topological polar surface area (TPSA) is 79.0 Å². The predicted octanol–water partition coefficient (Wildman–Crippen LogP) is 0.348. The fourth-order valence-electron chi connectivity index (χ4n) is 2.75. The van der Waals surface area contributed by atoms with Crippen molar-refractivity contribution in [1.82, 2.24) is 15.1 Å². The lowest BCUT2D eigenvalue weighted by Gasteiger charge is -2.41. The molecular weight excluding hydrogens is 286 g/mol. The number of piperazine rings is 1. The van der Waals surface area contributed by atoms with Crippen LogP contribution in [0.5, 0.6) is 5.75 Å². The van der Waals surface area contributed by atoms with Crippen LogP contribution in [-0.2, 0) is 16.1 Å². The summed E-state index contributed by atoms with van der Waals surface area (Å²) in [7, 11) is 1.58. The number of methoxy groups -OCH3 is 1. The molecule has 0 aromatic heterocycles. The van der Waals surface area contributed by atoms with E-state index < -0.39 is 12.1 Å². The number of hydrogen-bond donors (Lipinski definition) is 1. The summed E-state index contributed by atoms with van der Waals surface area (Å²) in [5, 5.41) is 2.68. The largest absolute Gasteiger partial charge is 0.497 e. The van der Waals surface area contributed by atoms with Crippen LogP contribution in [0.25, 0.3) is 0 Å². The molecule has 116 valence electrons. The molecule has 2 fully saturated rings. The molecule has 1 N–H and O–H groups in total. The van der Waals surface area contributed by atoms with Crippen molar-refractivity contribution in [3.8, 4) is 5.75 Å². The van der Waals surface area contributed by atoms with Gasteiger partial charge in [-0.2, -0.15) is 0 Å². The SMILES string of the molecule is COc1ccc(CN2C(=O)CC3C(=O)NCCN3C2=O)cc1. The Bertz CT molecular complexity index is 614. The highest BCUT2D eigenvalue weighted by Crippen LogP contribution is 2.22. The van der Waals surface area contributed by atoms with Crippen molar-refractivity contribution in [2.75, 3.05) is 20.2 Å². The molecular formula is C15H17N3O4. The van der Waals surface area contributed by atoms with E-state index in [1.54, 1.807) is 19.2 Å². The van der Waals surface area contributed by atoms with Gasteiger partial charge in [-0.3, -0.25) is 14.5 Å². The summed E-state index contributed by atoms with van der Waals surface area (Å²) in [4.78, 5) is 39.1. The number of urea groups is 1. The van der Waals surface area contributed by atoms with E-state index in [-0.39, 0.29) is 24.8 Å². The Kier molecular flexibility index (Phi) is 3.70. The highest BCUT2D eigenvalue weighted by Gasteiger charge is 2.43. The van der Waals surface area contributed by atoms with Crippen LogP contribution in [0, 0.1) is 0 Å². The number of imide groups is 1. The van der Waals surface area contributed by atoms with Gasteiger partial charge in [-0.1, -0.05) is 12.1 Å². The van der Waals surface area contributed by atoms with E-state index in [1.807, 2.05) is 12.1 Å². The van der Waals surface area contributed by atoms with Crippen molar-refractivity contribution in [3.05, 3.63) is 29.8 Å². The van der Waals surface area contributed by atoms with Crippen LogP contribution in [0.2, 0.25) is 0 Å². The Hall–Kier alpha value is -2.57. The molecule has 0 saturated carbocycles. The molecule has 0 spiro atoms.